The summed E-state index contributed by atoms with van der Waals surface area (Å²) < 4.78 is 6.17. The van der Waals surface area contributed by atoms with Gasteiger partial charge in [-0.3, -0.25) is 9.59 Å². The van der Waals surface area contributed by atoms with E-state index in [1.54, 1.807) is 7.11 Å². The Morgan fingerprint density at radius 3 is 2.68 bits per heavy atom. The van der Waals surface area contributed by atoms with Crippen molar-refractivity contribution in [3.05, 3.63) is 70.6 Å². The number of carbonyl (C=O) groups is 2. The van der Waals surface area contributed by atoms with E-state index in [-0.39, 0.29) is 17.9 Å². The van der Waals surface area contributed by atoms with E-state index in [0.717, 1.165) is 51.9 Å². The number of ether oxygens (including phenoxy) is 1. The van der Waals surface area contributed by atoms with Crippen molar-refractivity contribution in [3.63, 3.8) is 0 Å². The van der Waals surface area contributed by atoms with Crippen LogP contribution in [0.15, 0.2) is 54.6 Å². The first-order valence-electron chi connectivity index (χ1n) is 10.8. The summed E-state index contributed by atoms with van der Waals surface area (Å²) in [5, 5.41) is 4.08. The summed E-state index contributed by atoms with van der Waals surface area (Å²) in [7, 11) is 1.62. The van der Waals surface area contributed by atoms with Crippen LogP contribution in [0.3, 0.4) is 0 Å². The number of fused-ring (bicyclic) bond motifs is 1. The van der Waals surface area contributed by atoms with Gasteiger partial charge in [0.25, 0.3) is 11.8 Å². The van der Waals surface area contributed by atoms with E-state index in [0.29, 0.717) is 19.6 Å². The average molecular weight is 437 g/mol. The Bertz CT molecular complexity index is 1050. The number of thiophene rings is 1. The van der Waals surface area contributed by atoms with E-state index >= 15 is 0 Å². The van der Waals surface area contributed by atoms with Crippen LogP contribution in [0.4, 0.5) is 0 Å². The van der Waals surface area contributed by atoms with Gasteiger partial charge in [0.15, 0.2) is 0 Å². The van der Waals surface area contributed by atoms with Crippen LogP contribution >= 0.6 is 11.3 Å². The maximum atomic E-state index is 13.2. The number of nitrogens with one attached hydrogen (secondary N) is 1. The van der Waals surface area contributed by atoms with Gasteiger partial charge in [-0.05, 0) is 54.8 Å². The lowest BCUT2D eigenvalue weighted by Gasteiger charge is -2.36. The molecule has 1 N–H and O–H groups in total. The third-order valence-corrected chi connectivity index (χ3v) is 7.06. The fraction of sp³-hybridized carbons (Fsp3) is 0.360. The van der Waals surface area contributed by atoms with Crippen molar-refractivity contribution >= 4 is 33.2 Å². The maximum absolute atomic E-state index is 13.2. The number of likely N-dealkylation sites (tertiary alicyclic amines) is 1. The van der Waals surface area contributed by atoms with Crippen LogP contribution in [0.5, 0.6) is 0 Å². The fourth-order valence-corrected chi connectivity index (χ4v) is 5.44. The fourth-order valence-electron chi connectivity index (χ4n) is 4.29. The Balaban J connectivity index is 1.63. The van der Waals surface area contributed by atoms with Crippen LogP contribution in [-0.4, -0.2) is 49.6 Å². The van der Waals surface area contributed by atoms with Crippen molar-refractivity contribution < 1.29 is 14.3 Å². The number of hydrogen-bond acceptors (Lipinski definition) is 4. The molecule has 2 amide bonds. The molecule has 0 radical (unpaired) electrons. The molecular formula is C25H28N2O3S. The number of carbonyl (C=O) groups excluding carboxylic acids is 2. The van der Waals surface area contributed by atoms with Crippen LogP contribution in [0.25, 0.3) is 10.1 Å². The number of piperidine rings is 1. The van der Waals surface area contributed by atoms with Gasteiger partial charge in [0.2, 0.25) is 0 Å². The molecule has 2 heterocycles. The SMILES string of the molecule is COCCNC(=O)c1sc2ccccc2c1CC1CCCCN1C(=O)c1ccccc1. The maximum Gasteiger partial charge on any atom is 0.261 e. The molecule has 1 fully saturated rings. The number of benzene rings is 2. The molecule has 1 unspecified atom stereocenters. The van der Waals surface area contributed by atoms with E-state index in [1.165, 1.54) is 11.3 Å². The summed E-state index contributed by atoms with van der Waals surface area (Å²) >= 11 is 1.53. The first-order chi connectivity index (χ1) is 15.2. The minimum absolute atomic E-state index is 0.0648. The summed E-state index contributed by atoms with van der Waals surface area (Å²) in [6.07, 6.45) is 3.76. The van der Waals surface area contributed by atoms with Gasteiger partial charge in [-0.2, -0.15) is 0 Å². The van der Waals surface area contributed by atoms with Gasteiger partial charge in [-0.25, -0.2) is 0 Å². The Morgan fingerprint density at radius 2 is 1.87 bits per heavy atom. The number of nitrogens with zero attached hydrogens (tertiary/aromatic N) is 1. The highest BCUT2D eigenvalue weighted by molar-refractivity contribution is 7.21. The second-order valence-electron chi connectivity index (χ2n) is 7.87. The van der Waals surface area contributed by atoms with Crippen molar-refractivity contribution in [2.24, 2.45) is 0 Å². The monoisotopic (exact) mass is 436 g/mol. The Hall–Kier alpha value is -2.70. The molecule has 4 rings (SSSR count). The molecule has 1 atom stereocenters. The van der Waals surface area contributed by atoms with E-state index < -0.39 is 0 Å². The van der Waals surface area contributed by atoms with Crippen molar-refractivity contribution in [2.75, 3.05) is 26.8 Å². The van der Waals surface area contributed by atoms with Crippen molar-refractivity contribution in [1.29, 1.82) is 0 Å². The van der Waals surface area contributed by atoms with Gasteiger partial charge >= 0.3 is 0 Å². The second kappa shape index (κ2) is 10.1. The molecule has 0 saturated carbocycles. The lowest BCUT2D eigenvalue weighted by molar-refractivity contribution is 0.0614. The second-order valence-corrected chi connectivity index (χ2v) is 8.93. The quantitative estimate of drug-likeness (QED) is 0.554. The minimum atomic E-state index is -0.0648. The van der Waals surface area contributed by atoms with E-state index in [1.807, 2.05) is 47.4 Å². The van der Waals surface area contributed by atoms with Crippen LogP contribution in [0, 0.1) is 0 Å². The van der Waals surface area contributed by atoms with Gasteiger partial charge in [0.05, 0.1) is 11.5 Å². The Labute approximate surface area is 187 Å². The van der Waals surface area contributed by atoms with E-state index in [9.17, 15) is 9.59 Å². The first-order valence-corrected chi connectivity index (χ1v) is 11.6. The zero-order chi connectivity index (χ0) is 21.6. The highest BCUT2D eigenvalue weighted by Gasteiger charge is 2.30. The molecule has 2 aromatic carbocycles. The normalized spacial score (nSPS) is 16.4. The minimum Gasteiger partial charge on any atom is -0.383 e. The zero-order valence-electron chi connectivity index (χ0n) is 17.8. The van der Waals surface area contributed by atoms with Crippen LogP contribution in [0.2, 0.25) is 0 Å². The molecule has 1 saturated heterocycles. The molecule has 31 heavy (non-hydrogen) atoms. The largest absolute Gasteiger partial charge is 0.383 e. The molecule has 1 aliphatic rings. The average Bonchev–Trinajstić information content (AvgIpc) is 3.18. The van der Waals surface area contributed by atoms with E-state index in [4.69, 9.17) is 4.74 Å². The molecule has 0 aliphatic carbocycles. The molecule has 0 bridgehead atoms. The highest BCUT2D eigenvalue weighted by atomic mass is 32.1. The lowest BCUT2D eigenvalue weighted by atomic mass is 9.93. The molecule has 3 aromatic rings. The predicted octanol–water partition coefficient (Wildman–Crippen LogP) is 4.51. The van der Waals surface area contributed by atoms with Crippen LogP contribution in [0.1, 0.15) is 44.9 Å². The number of methoxy groups -OCH3 is 1. The molecule has 6 heteroatoms. The van der Waals surface area contributed by atoms with Gasteiger partial charge in [0, 0.05) is 36.5 Å². The molecular weight excluding hydrogens is 408 g/mol. The Morgan fingerprint density at radius 1 is 1.10 bits per heavy atom. The van der Waals surface area contributed by atoms with Crippen molar-refractivity contribution in [3.8, 4) is 0 Å². The highest BCUT2D eigenvalue weighted by Crippen LogP contribution is 2.34. The lowest BCUT2D eigenvalue weighted by Crippen LogP contribution is -2.45. The molecule has 1 aromatic heterocycles. The summed E-state index contributed by atoms with van der Waals surface area (Å²) in [6.45, 7) is 1.72. The van der Waals surface area contributed by atoms with Gasteiger partial charge < -0.3 is 15.0 Å². The summed E-state index contributed by atoms with van der Waals surface area (Å²) in [5.74, 6) is 0.0147. The van der Waals surface area contributed by atoms with Gasteiger partial charge in [0.1, 0.15) is 0 Å². The van der Waals surface area contributed by atoms with Crippen LogP contribution in [-0.2, 0) is 11.2 Å². The van der Waals surface area contributed by atoms with Gasteiger partial charge in [-0.15, -0.1) is 11.3 Å². The molecule has 1 aliphatic heterocycles. The smallest absolute Gasteiger partial charge is 0.261 e. The third-order valence-electron chi connectivity index (χ3n) is 5.84. The topological polar surface area (TPSA) is 58.6 Å². The van der Waals surface area contributed by atoms with Crippen molar-refractivity contribution in [1.82, 2.24) is 10.2 Å². The predicted molar refractivity (Wildman–Crippen MR) is 125 cm³/mol. The van der Waals surface area contributed by atoms with Crippen molar-refractivity contribution in [2.45, 2.75) is 31.7 Å². The molecule has 5 nitrogen and oxygen atoms in total. The third kappa shape index (κ3) is 4.81. The summed E-state index contributed by atoms with van der Waals surface area (Å²) in [4.78, 5) is 28.9. The van der Waals surface area contributed by atoms with Crippen LogP contribution < -0.4 is 5.32 Å². The van der Waals surface area contributed by atoms with Gasteiger partial charge in [-0.1, -0.05) is 36.4 Å². The zero-order valence-corrected chi connectivity index (χ0v) is 18.6. The Kier molecular flexibility index (Phi) is 6.99. The molecule has 162 valence electrons. The summed E-state index contributed by atoms with van der Waals surface area (Å²) in [5.41, 5.74) is 1.77. The summed E-state index contributed by atoms with van der Waals surface area (Å²) in [6, 6.07) is 17.7. The standard InChI is InChI=1S/C25H28N2O3S/c1-30-16-14-26-24(28)23-21(20-12-5-6-13-22(20)31-23)17-19-11-7-8-15-27(19)25(29)18-9-3-2-4-10-18/h2-6,9-10,12-13,19H,7-8,11,14-17H2,1H3,(H,26,28). The number of hydrogen-bond donors (Lipinski definition) is 1. The first kappa shape index (κ1) is 21.5. The van der Waals surface area contributed by atoms with E-state index in [2.05, 4.69) is 17.4 Å². The number of amides is 2. The number of rotatable bonds is 7. The molecule has 0 spiro atoms.